The van der Waals surface area contributed by atoms with E-state index >= 15 is 0 Å². The van der Waals surface area contributed by atoms with E-state index in [-0.39, 0.29) is 24.3 Å². The molecule has 12 nitrogen and oxygen atoms in total. The second-order valence-corrected chi connectivity index (χ2v) is 7.94. The third kappa shape index (κ3) is 10.5. The lowest BCUT2D eigenvalue weighted by Gasteiger charge is -2.07. The minimum absolute atomic E-state index is 0.0187. The van der Waals surface area contributed by atoms with E-state index in [1.54, 1.807) is 50.2 Å². The monoisotopic (exact) mass is 520 g/mol. The molecule has 0 saturated carbocycles. The zero-order valence-corrected chi connectivity index (χ0v) is 20.9. The first-order chi connectivity index (χ1) is 17.7. The van der Waals surface area contributed by atoms with Crippen LogP contribution in [-0.2, 0) is 39.1 Å². The van der Waals surface area contributed by atoms with E-state index in [9.17, 15) is 19.2 Å². The first-order valence-electron chi connectivity index (χ1n) is 11.3. The predicted octanol–water partition coefficient (Wildman–Crippen LogP) is 5.10. The van der Waals surface area contributed by atoms with Gasteiger partial charge >= 0.3 is 24.2 Å². The maximum atomic E-state index is 11.9. The number of benzene rings is 2. The van der Waals surface area contributed by atoms with E-state index in [1.165, 1.54) is 0 Å². The van der Waals surface area contributed by atoms with Crippen molar-refractivity contribution < 1.29 is 58.3 Å². The zero-order chi connectivity index (χ0) is 27.2. The van der Waals surface area contributed by atoms with Gasteiger partial charge < -0.3 is 9.47 Å². The van der Waals surface area contributed by atoms with Crippen LogP contribution in [0, 0.1) is 27.7 Å². The van der Waals surface area contributed by atoms with Crippen LogP contribution in [-0.4, -0.2) is 37.5 Å². The molecule has 0 aliphatic carbocycles. The van der Waals surface area contributed by atoms with Crippen molar-refractivity contribution in [3.63, 3.8) is 0 Å². The summed E-state index contributed by atoms with van der Waals surface area (Å²) in [7, 11) is 0. The first-order valence-corrected chi connectivity index (χ1v) is 11.3. The highest BCUT2D eigenvalue weighted by molar-refractivity contribution is 5.91. The molecule has 0 radical (unpaired) electrons. The number of hydrogen-bond acceptors (Lipinski definition) is 12. The highest BCUT2D eigenvalue weighted by atomic mass is 17.5. The number of hydrogen-bond donors (Lipinski definition) is 0. The summed E-state index contributed by atoms with van der Waals surface area (Å²) in [5.41, 5.74) is 3.83. The summed E-state index contributed by atoms with van der Waals surface area (Å²) in [6.07, 6.45) is -1.03. The summed E-state index contributed by atoms with van der Waals surface area (Å²) in [6.45, 7) is 7.18. The van der Waals surface area contributed by atoms with Crippen LogP contribution in [0.4, 0.5) is 9.59 Å². The van der Waals surface area contributed by atoms with Crippen molar-refractivity contribution >= 4 is 24.2 Å². The van der Waals surface area contributed by atoms with Crippen LogP contribution in [0.1, 0.15) is 62.2 Å². The largest absolute Gasteiger partial charge is 0.543 e. The molecule has 0 unspecified atom stereocenters. The average molecular weight is 520 g/mol. The summed E-state index contributed by atoms with van der Waals surface area (Å²) >= 11 is 0. The Labute approximate surface area is 213 Å². The summed E-state index contributed by atoms with van der Waals surface area (Å²) < 4.78 is 9.49. The van der Waals surface area contributed by atoms with Crippen LogP contribution >= 0.6 is 0 Å². The fourth-order valence-corrected chi connectivity index (χ4v) is 3.07. The molecule has 2 rings (SSSR count). The van der Waals surface area contributed by atoms with Crippen LogP contribution in [0.25, 0.3) is 0 Å². The van der Waals surface area contributed by atoms with Crippen LogP contribution in [0.15, 0.2) is 36.4 Å². The van der Waals surface area contributed by atoms with Crippen LogP contribution in [0.5, 0.6) is 0 Å². The second kappa shape index (κ2) is 15.1. The summed E-state index contributed by atoms with van der Waals surface area (Å²) in [4.78, 5) is 63.9. The summed E-state index contributed by atoms with van der Waals surface area (Å²) in [5.74, 6) is -1.65. The molecule has 0 N–H and O–H groups in total. The fourth-order valence-electron chi connectivity index (χ4n) is 3.07. The van der Waals surface area contributed by atoms with E-state index in [0.717, 1.165) is 11.1 Å². The fraction of sp³-hybridized carbons (Fsp3) is 0.360. The van der Waals surface area contributed by atoms with Crippen LogP contribution in [0.2, 0.25) is 0 Å². The molecule has 2 aromatic carbocycles. The van der Waals surface area contributed by atoms with Crippen molar-refractivity contribution in [2.24, 2.45) is 0 Å². The van der Waals surface area contributed by atoms with Gasteiger partial charge in [-0.3, -0.25) is 9.78 Å². The van der Waals surface area contributed by atoms with Crippen molar-refractivity contribution in [3.8, 4) is 0 Å². The van der Waals surface area contributed by atoms with Gasteiger partial charge in [0.1, 0.15) is 0 Å². The van der Waals surface area contributed by atoms with Crippen molar-refractivity contribution in [1.82, 2.24) is 0 Å². The topological polar surface area (TPSA) is 142 Å². The standard InChI is InChI=1S/C25H28O12/c1-16-8-10-20(18(3)14-16)22(26)32-36-34-24(28)30-12-6-5-7-13-31-25(29)35-37-33-23(27)21-11-9-17(2)15-19(21)4/h8-11,14-15H,5-7,12-13H2,1-4H3. The number of carbonyl (C=O) groups is 4. The van der Waals surface area contributed by atoms with Gasteiger partial charge in [-0.1, -0.05) is 35.4 Å². The SMILES string of the molecule is Cc1ccc(C(=O)OOOC(=O)OCCCCCOC(=O)OOOC(=O)c2ccc(C)cc2C)c(C)c1. The minimum atomic E-state index is -1.19. The van der Waals surface area contributed by atoms with E-state index in [1.807, 2.05) is 13.8 Å². The molecule has 0 saturated heterocycles. The summed E-state index contributed by atoms with van der Waals surface area (Å²) in [5, 5.41) is 8.33. The van der Waals surface area contributed by atoms with Crippen LogP contribution in [0.3, 0.4) is 0 Å². The van der Waals surface area contributed by atoms with Gasteiger partial charge in [-0.05, 0) is 70.2 Å². The second-order valence-electron chi connectivity index (χ2n) is 7.94. The lowest BCUT2D eigenvalue weighted by atomic mass is 10.1. The van der Waals surface area contributed by atoms with E-state index < -0.39 is 24.2 Å². The molecule has 0 amide bonds. The molecule has 0 spiro atoms. The number of aryl methyl sites for hydroxylation is 4. The van der Waals surface area contributed by atoms with Gasteiger partial charge in [0, 0.05) is 0 Å². The third-order valence-electron chi connectivity index (χ3n) is 4.86. The molecule has 0 fully saturated rings. The van der Waals surface area contributed by atoms with Gasteiger partial charge in [-0.25, -0.2) is 29.0 Å². The normalized spacial score (nSPS) is 10.3. The molecule has 37 heavy (non-hydrogen) atoms. The predicted molar refractivity (Wildman–Crippen MR) is 124 cm³/mol. The van der Waals surface area contributed by atoms with Gasteiger partial charge in [0.05, 0.1) is 34.4 Å². The molecule has 0 atom stereocenters. The highest BCUT2D eigenvalue weighted by Gasteiger charge is 2.15. The Morgan fingerprint density at radius 3 is 1.35 bits per heavy atom. The molecule has 12 heteroatoms. The molecular weight excluding hydrogens is 492 g/mol. The number of ether oxygens (including phenoxy) is 2. The lowest BCUT2D eigenvalue weighted by molar-refractivity contribution is -0.452. The van der Waals surface area contributed by atoms with Gasteiger partial charge in [0.15, 0.2) is 0 Å². The van der Waals surface area contributed by atoms with Gasteiger partial charge in [0.2, 0.25) is 0 Å². The molecule has 0 aliphatic heterocycles. The van der Waals surface area contributed by atoms with Gasteiger partial charge in [-0.15, -0.1) is 0 Å². The number of carbonyl (C=O) groups excluding carboxylic acids is 4. The quantitative estimate of drug-likeness (QED) is 0.159. The maximum Gasteiger partial charge on any atom is 0.543 e. The molecule has 0 heterocycles. The Bertz CT molecular complexity index is 1010. The Kier molecular flexibility index (Phi) is 11.8. The van der Waals surface area contributed by atoms with Crippen molar-refractivity contribution in [2.45, 2.75) is 47.0 Å². The Morgan fingerprint density at radius 1 is 0.568 bits per heavy atom. The highest BCUT2D eigenvalue weighted by Crippen LogP contribution is 2.13. The van der Waals surface area contributed by atoms with Crippen molar-refractivity contribution in [3.05, 3.63) is 69.8 Å². The Hall–Kier alpha value is -4.16. The van der Waals surface area contributed by atoms with Crippen molar-refractivity contribution in [2.75, 3.05) is 13.2 Å². The van der Waals surface area contributed by atoms with Crippen molar-refractivity contribution in [1.29, 1.82) is 0 Å². The maximum absolute atomic E-state index is 11.9. The molecule has 2 aromatic rings. The molecular formula is C25H28O12. The zero-order valence-electron chi connectivity index (χ0n) is 20.9. The number of unbranched alkanes of at least 4 members (excludes halogenated alkanes) is 2. The van der Waals surface area contributed by atoms with E-state index in [4.69, 9.17) is 9.47 Å². The van der Waals surface area contributed by atoms with Crippen LogP contribution < -0.4 is 0 Å². The Morgan fingerprint density at radius 2 is 0.973 bits per heavy atom. The lowest BCUT2D eigenvalue weighted by Crippen LogP contribution is -2.14. The molecule has 200 valence electrons. The van der Waals surface area contributed by atoms with E-state index in [0.29, 0.717) is 30.4 Å². The molecule has 0 aliphatic rings. The van der Waals surface area contributed by atoms with Gasteiger partial charge in [-0.2, -0.15) is 0 Å². The van der Waals surface area contributed by atoms with E-state index in [2.05, 4.69) is 29.6 Å². The molecule has 0 bridgehead atoms. The summed E-state index contributed by atoms with van der Waals surface area (Å²) in [6, 6.07) is 10.2. The average Bonchev–Trinajstić information content (AvgIpc) is 2.83. The van der Waals surface area contributed by atoms with Gasteiger partial charge in [0.25, 0.3) is 0 Å². The minimum Gasteiger partial charge on any atom is -0.432 e. The smallest absolute Gasteiger partial charge is 0.432 e. The third-order valence-corrected chi connectivity index (χ3v) is 4.86. The molecule has 0 aromatic heterocycles. The number of rotatable bonds is 12. The first kappa shape index (κ1) is 29.1. The Balaban J connectivity index is 1.46.